The fourth-order valence-electron chi connectivity index (χ4n) is 3.33. The molecule has 1 aliphatic heterocycles. The fraction of sp³-hybridized carbons (Fsp3) is 0.500. The first kappa shape index (κ1) is 14.5. The van der Waals surface area contributed by atoms with Crippen LogP contribution in [0.25, 0.3) is 0 Å². The molecule has 2 heterocycles. The summed E-state index contributed by atoms with van der Waals surface area (Å²) >= 11 is 6.04. The maximum atomic E-state index is 6.27. The normalized spacial score (nSPS) is 25.3. The Labute approximate surface area is 130 Å². The monoisotopic (exact) mass is 305 g/mol. The first-order valence-corrected chi connectivity index (χ1v) is 7.85. The van der Waals surface area contributed by atoms with Crippen molar-refractivity contribution in [3.05, 3.63) is 47.5 Å². The smallest absolute Gasteiger partial charge is 0.137 e. The van der Waals surface area contributed by atoms with Crippen molar-refractivity contribution in [3.8, 4) is 0 Å². The minimum absolute atomic E-state index is 0.325. The first-order valence-electron chi connectivity index (χ1n) is 7.47. The molecule has 112 valence electrons. The maximum Gasteiger partial charge on any atom is 0.137 e. The summed E-state index contributed by atoms with van der Waals surface area (Å²) in [6.45, 7) is 3.71. The van der Waals surface area contributed by atoms with Gasteiger partial charge < -0.3 is 4.74 Å². The van der Waals surface area contributed by atoms with Crippen LogP contribution in [0, 0.1) is 5.92 Å². The van der Waals surface area contributed by atoms with Crippen molar-refractivity contribution in [2.45, 2.75) is 38.3 Å². The summed E-state index contributed by atoms with van der Waals surface area (Å²) in [5.74, 6) is 0.493. The Hall–Kier alpha value is -1.39. The van der Waals surface area contributed by atoms with Crippen molar-refractivity contribution in [1.82, 2.24) is 14.8 Å². The first-order chi connectivity index (χ1) is 10.2. The van der Waals surface area contributed by atoms with Gasteiger partial charge in [-0.25, -0.2) is 9.67 Å². The number of halogens is 1. The summed E-state index contributed by atoms with van der Waals surface area (Å²) in [6.07, 6.45) is 6.71. The average molecular weight is 306 g/mol. The number of rotatable bonds is 5. The zero-order valence-corrected chi connectivity index (χ0v) is 13.0. The van der Waals surface area contributed by atoms with Crippen molar-refractivity contribution in [2.24, 2.45) is 5.92 Å². The van der Waals surface area contributed by atoms with Crippen molar-refractivity contribution in [1.29, 1.82) is 0 Å². The third-order valence-corrected chi connectivity index (χ3v) is 4.57. The second-order valence-corrected chi connectivity index (χ2v) is 6.05. The fourth-order valence-corrected chi connectivity index (χ4v) is 3.46. The van der Waals surface area contributed by atoms with Crippen LogP contribution in [0.15, 0.2) is 36.9 Å². The van der Waals surface area contributed by atoms with Gasteiger partial charge in [-0.3, -0.25) is 0 Å². The van der Waals surface area contributed by atoms with Gasteiger partial charge in [-0.05, 0) is 36.5 Å². The molecule has 0 amide bonds. The molecule has 0 saturated carbocycles. The molecule has 0 radical (unpaired) electrons. The van der Waals surface area contributed by atoms with E-state index in [9.17, 15) is 0 Å². The van der Waals surface area contributed by atoms with Gasteiger partial charge in [0.2, 0.25) is 0 Å². The molecule has 0 spiro atoms. The van der Waals surface area contributed by atoms with E-state index < -0.39 is 0 Å². The van der Waals surface area contributed by atoms with E-state index in [2.05, 4.69) is 29.1 Å². The van der Waals surface area contributed by atoms with Crippen LogP contribution in [0.2, 0.25) is 5.02 Å². The number of nitrogens with zero attached hydrogens (tertiary/aromatic N) is 3. The molecule has 1 aromatic heterocycles. The Balaban J connectivity index is 1.99. The third-order valence-electron chi connectivity index (χ3n) is 4.32. The minimum atomic E-state index is -0.325. The van der Waals surface area contributed by atoms with E-state index in [0.29, 0.717) is 12.5 Å². The summed E-state index contributed by atoms with van der Waals surface area (Å²) in [5, 5.41) is 5.01. The molecule has 2 unspecified atom stereocenters. The Bertz CT molecular complexity index is 570. The van der Waals surface area contributed by atoms with E-state index in [1.165, 1.54) is 5.56 Å². The van der Waals surface area contributed by atoms with Crippen molar-refractivity contribution in [2.75, 3.05) is 6.61 Å². The van der Waals surface area contributed by atoms with E-state index in [1.807, 2.05) is 16.8 Å². The predicted octanol–water partition coefficient (Wildman–Crippen LogP) is 3.66. The van der Waals surface area contributed by atoms with Gasteiger partial charge in [-0.1, -0.05) is 37.1 Å². The number of hydrogen-bond acceptors (Lipinski definition) is 3. The van der Waals surface area contributed by atoms with Crippen molar-refractivity contribution < 1.29 is 4.74 Å². The second-order valence-electron chi connectivity index (χ2n) is 5.61. The van der Waals surface area contributed by atoms with Crippen molar-refractivity contribution >= 4 is 11.6 Å². The topological polar surface area (TPSA) is 39.9 Å². The molecule has 2 aromatic rings. The highest BCUT2D eigenvalue weighted by Gasteiger charge is 2.45. The molecule has 21 heavy (non-hydrogen) atoms. The van der Waals surface area contributed by atoms with Crippen LogP contribution in [-0.4, -0.2) is 21.4 Å². The van der Waals surface area contributed by atoms with Gasteiger partial charge in [-0.15, -0.1) is 0 Å². The molecule has 0 N–H and O–H groups in total. The van der Waals surface area contributed by atoms with Crippen LogP contribution in [0.4, 0.5) is 0 Å². The molecule has 0 aliphatic carbocycles. The number of hydrogen-bond donors (Lipinski definition) is 0. The summed E-state index contributed by atoms with van der Waals surface area (Å²) < 4.78 is 8.14. The second kappa shape index (κ2) is 6.16. The van der Waals surface area contributed by atoms with Crippen LogP contribution in [0.1, 0.15) is 31.7 Å². The van der Waals surface area contributed by atoms with Gasteiger partial charge >= 0.3 is 0 Å². The SMILES string of the molecule is CCCC1CCOC1(Cn1cncn1)c1ccc(Cl)cc1. The Morgan fingerprint density at radius 1 is 1.38 bits per heavy atom. The number of aromatic nitrogens is 3. The molecule has 0 bridgehead atoms. The zero-order chi connectivity index (χ0) is 14.7. The van der Waals surface area contributed by atoms with Crippen molar-refractivity contribution in [3.63, 3.8) is 0 Å². The van der Waals surface area contributed by atoms with Crippen LogP contribution >= 0.6 is 11.6 Å². The van der Waals surface area contributed by atoms with Gasteiger partial charge in [0, 0.05) is 11.6 Å². The van der Waals surface area contributed by atoms with Crippen LogP contribution < -0.4 is 0 Å². The van der Waals surface area contributed by atoms with E-state index >= 15 is 0 Å². The molecule has 5 heteroatoms. The molecule has 1 aliphatic rings. The molecule has 4 nitrogen and oxygen atoms in total. The molecule has 1 aromatic carbocycles. The van der Waals surface area contributed by atoms with E-state index in [-0.39, 0.29) is 5.60 Å². The van der Waals surface area contributed by atoms with Crippen LogP contribution in [0.5, 0.6) is 0 Å². The maximum absolute atomic E-state index is 6.27. The van der Waals surface area contributed by atoms with Gasteiger partial charge in [0.25, 0.3) is 0 Å². The van der Waals surface area contributed by atoms with E-state index in [4.69, 9.17) is 16.3 Å². The highest BCUT2D eigenvalue weighted by Crippen LogP contribution is 2.44. The molecule has 3 rings (SSSR count). The molecular formula is C16H20ClN3O. The standard InChI is InChI=1S/C16H20ClN3O/c1-2-3-13-8-9-21-16(13,10-20-12-18-11-19-20)14-4-6-15(17)7-5-14/h4-7,11-13H,2-3,8-10H2,1H3. The van der Waals surface area contributed by atoms with E-state index in [1.54, 1.807) is 12.7 Å². The Kier molecular flexibility index (Phi) is 4.27. The Morgan fingerprint density at radius 3 is 2.86 bits per heavy atom. The van der Waals surface area contributed by atoms with Gasteiger partial charge in [0.1, 0.15) is 18.3 Å². The zero-order valence-electron chi connectivity index (χ0n) is 12.2. The summed E-state index contributed by atoms with van der Waals surface area (Å²) in [5.41, 5.74) is 0.854. The lowest BCUT2D eigenvalue weighted by atomic mass is 9.79. The van der Waals surface area contributed by atoms with E-state index in [0.717, 1.165) is 30.9 Å². The lowest BCUT2D eigenvalue weighted by molar-refractivity contribution is -0.0456. The highest BCUT2D eigenvalue weighted by molar-refractivity contribution is 6.30. The summed E-state index contributed by atoms with van der Waals surface area (Å²) in [4.78, 5) is 4.05. The Morgan fingerprint density at radius 2 is 2.19 bits per heavy atom. The quantitative estimate of drug-likeness (QED) is 0.846. The molecule has 2 atom stereocenters. The highest BCUT2D eigenvalue weighted by atomic mass is 35.5. The lowest BCUT2D eigenvalue weighted by Gasteiger charge is -2.35. The largest absolute Gasteiger partial charge is 0.368 e. The van der Waals surface area contributed by atoms with Gasteiger partial charge in [0.15, 0.2) is 0 Å². The van der Waals surface area contributed by atoms with Gasteiger partial charge in [0.05, 0.1) is 6.54 Å². The number of benzene rings is 1. The molecular weight excluding hydrogens is 286 g/mol. The minimum Gasteiger partial charge on any atom is -0.368 e. The van der Waals surface area contributed by atoms with Crippen LogP contribution in [-0.2, 0) is 16.9 Å². The number of ether oxygens (including phenoxy) is 1. The predicted molar refractivity (Wildman–Crippen MR) is 82.1 cm³/mol. The molecule has 1 fully saturated rings. The summed E-state index contributed by atoms with van der Waals surface area (Å²) in [7, 11) is 0. The van der Waals surface area contributed by atoms with Gasteiger partial charge in [-0.2, -0.15) is 5.10 Å². The van der Waals surface area contributed by atoms with Crippen LogP contribution in [0.3, 0.4) is 0 Å². The average Bonchev–Trinajstić information content (AvgIpc) is 3.12. The summed E-state index contributed by atoms with van der Waals surface area (Å²) in [6, 6.07) is 8.02. The lowest BCUT2D eigenvalue weighted by Crippen LogP contribution is -2.37. The third kappa shape index (κ3) is 2.83. The molecule has 1 saturated heterocycles.